The second kappa shape index (κ2) is 7.16. The second-order valence-electron chi connectivity index (χ2n) is 5.99. The fourth-order valence-corrected chi connectivity index (χ4v) is 3.66. The zero-order chi connectivity index (χ0) is 17.1. The average Bonchev–Trinajstić information content (AvgIpc) is 3.33. The highest BCUT2D eigenvalue weighted by atomic mass is 32.1. The van der Waals surface area contributed by atoms with Crippen molar-refractivity contribution in [1.82, 2.24) is 19.7 Å². The average molecular weight is 354 g/mol. The highest BCUT2D eigenvalue weighted by Crippen LogP contribution is 2.23. The molecule has 0 aliphatic carbocycles. The van der Waals surface area contributed by atoms with Gasteiger partial charge in [0.2, 0.25) is 0 Å². The summed E-state index contributed by atoms with van der Waals surface area (Å²) in [5.41, 5.74) is 2.86. The van der Waals surface area contributed by atoms with E-state index in [2.05, 4.69) is 10.1 Å². The van der Waals surface area contributed by atoms with Gasteiger partial charge in [-0.25, -0.2) is 0 Å². The Morgan fingerprint density at radius 3 is 2.92 bits per heavy atom. The third-order valence-electron chi connectivity index (χ3n) is 4.27. The number of fused-ring (bicyclic) bond motifs is 1. The molecule has 0 saturated heterocycles. The summed E-state index contributed by atoms with van der Waals surface area (Å²) >= 11 is 1.54. The topological polar surface area (TPSA) is 60.2 Å². The van der Waals surface area contributed by atoms with Crippen LogP contribution in [0.3, 0.4) is 0 Å². The van der Waals surface area contributed by atoms with E-state index in [0.717, 1.165) is 16.8 Å². The molecule has 6 nitrogen and oxygen atoms in total. The maximum Gasteiger partial charge on any atom is 0.255 e. The van der Waals surface area contributed by atoms with Gasteiger partial charge in [0, 0.05) is 30.5 Å². The van der Waals surface area contributed by atoms with Gasteiger partial charge < -0.3 is 9.64 Å². The minimum absolute atomic E-state index is 0.0168. The third kappa shape index (κ3) is 3.47. The Morgan fingerprint density at radius 1 is 1.24 bits per heavy atom. The quantitative estimate of drug-likeness (QED) is 0.707. The number of hydrogen-bond donors (Lipinski definition) is 0. The molecule has 1 aliphatic heterocycles. The van der Waals surface area contributed by atoms with Crippen molar-refractivity contribution in [2.75, 3.05) is 13.2 Å². The molecule has 0 radical (unpaired) electrons. The molecular formula is C18H18N4O2S. The van der Waals surface area contributed by atoms with Crippen LogP contribution in [0.15, 0.2) is 53.6 Å². The van der Waals surface area contributed by atoms with Crippen LogP contribution in [-0.4, -0.2) is 38.7 Å². The molecule has 1 unspecified atom stereocenters. The molecule has 4 heterocycles. The van der Waals surface area contributed by atoms with E-state index in [1.807, 2.05) is 44.6 Å². The first kappa shape index (κ1) is 16.0. The molecule has 1 aliphatic rings. The maximum atomic E-state index is 12.7. The Bertz CT molecular complexity index is 832. The fourth-order valence-electron chi connectivity index (χ4n) is 3.03. The van der Waals surface area contributed by atoms with Crippen LogP contribution in [0.2, 0.25) is 0 Å². The summed E-state index contributed by atoms with van der Waals surface area (Å²) < 4.78 is 7.86. The third-order valence-corrected chi connectivity index (χ3v) is 4.95. The van der Waals surface area contributed by atoms with Gasteiger partial charge in [-0.05, 0) is 35.2 Å². The van der Waals surface area contributed by atoms with Gasteiger partial charge in [-0.3, -0.25) is 14.5 Å². The van der Waals surface area contributed by atoms with Crippen LogP contribution in [-0.2, 0) is 17.9 Å². The van der Waals surface area contributed by atoms with Crippen LogP contribution in [0.4, 0.5) is 0 Å². The molecule has 4 rings (SSSR count). The number of ether oxygens (including phenoxy) is 1. The number of rotatable bonds is 5. The van der Waals surface area contributed by atoms with Gasteiger partial charge in [0.15, 0.2) is 0 Å². The van der Waals surface area contributed by atoms with Crippen molar-refractivity contribution >= 4 is 17.2 Å². The standard InChI is InChI=1S/C18H18N4O2S/c23-18(15-4-8-25-13-15)21-9-16-3-7-20-22(16)17(10-21)12-24-11-14-1-5-19-6-2-14/h1-8,13,17H,9-12H2. The predicted octanol–water partition coefficient (Wildman–Crippen LogP) is 2.75. The van der Waals surface area contributed by atoms with Crippen LogP contribution in [0.5, 0.6) is 0 Å². The zero-order valence-corrected chi connectivity index (χ0v) is 14.4. The number of nitrogens with zero attached hydrogens (tertiary/aromatic N) is 4. The molecule has 0 spiro atoms. The summed E-state index contributed by atoms with van der Waals surface area (Å²) in [6, 6.07) is 7.72. The second-order valence-corrected chi connectivity index (χ2v) is 6.77. The van der Waals surface area contributed by atoms with E-state index in [0.29, 0.717) is 26.3 Å². The Labute approximate surface area is 149 Å². The molecule has 7 heteroatoms. The highest BCUT2D eigenvalue weighted by Gasteiger charge is 2.29. The largest absolute Gasteiger partial charge is 0.374 e. The number of aromatic nitrogens is 3. The first-order chi connectivity index (χ1) is 12.3. The molecule has 0 saturated carbocycles. The van der Waals surface area contributed by atoms with Crippen LogP contribution >= 0.6 is 11.3 Å². The molecule has 3 aromatic rings. The lowest BCUT2D eigenvalue weighted by molar-refractivity contribution is 0.0448. The fraction of sp³-hybridized carbons (Fsp3) is 0.278. The minimum Gasteiger partial charge on any atom is -0.374 e. The molecule has 25 heavy (non-hydrogen) atoms. The number of thiophene rings is 1. The van der Waals surface area contributed by atoms with Crippen molar-refractivity contribution in [2.24, 2.45) is 0 Å². The maximum absolute atomic E-state index is 12.7. The Balaban J connectivity index is 1.44. The lowest BCUT2D eigenvalue weighted by Gasteiger charge is -2.33. The van der Waals surface area contributed by atoms with E-state index in [1.165, 1.54) is 11.3 Å². The van der Waals surface area contributed by atoms with Crippen molar-refractivity contribution in [3.05, 3.63) is 70.4 Å². The Morgan fingerprint density at radius 2 is 2.12 bits per heavy atom. The number of amides is 1. The molecule has 1 amide bonds. The summed E-state index contributed by atoms with van der Waals surface area (Å²) in [6.07, 6.45) is 5.29. The van der Waals surface area contributed by atoms with Gasteiger partial charge in [-0.1, -0.05) is 0 Å². The van der Waals surface area contributed by atoms with Crippen LogP contribution < -0.4 is 0 Å². The highest BCUT2D eigenvalue weighted by molar-refractivity contribution is 7.08. The molecule has 3 aromatic heterocycles. The molecule has 128 valence electrons. The summed E-state index contributed by atoms with van der Waals surface area (Å²) in [4.78, 5) is 18.6. The minimum atomic E-state index is 0.0168. The SMILES string of the molecule is O=C(c1ccsc1)N1Cc2ccnn2C(COCc2ccncc2)C1. The lowest BCUT2D eigenvalue weighted by atomic mass is 10.1. The van der Waals surface area contributed by atoms with Gasteiger partial charge in [-0.15, -0.1) is 0 Å². The lowest BCUT2D eigenvalue weighted by Crippen LogP contribution is -2.42. The van der Waals surface area contributed by atoms with E-state index < -0.39 is 0 Å². The van der Waals surface area contributed by atoms with E-state index in [9.17, 15) is 4.79 Å². The first-order valence-electron chi connectivity index (χ1n) is 8.12. The van der Waals surface area contributed by atoms with E-state index in [1.54, 1.807) is 18.6 Å². The number of carbonyl (C=O) groups excluding carboxylic acids is 1. The first-order valence-corrected chi connectivity index (χ1v) is 9.06. The van der Waals surface area contributed by atoms with Gasteiger partial charge in [-0.2, -0.15) is 16.4 Å². The Kier molecular flexibility index (Phi) is 4.58. The van der Waals surface area contributed by atoms with Crippen molar-refractivity contribution in [1.29, 1.82) is 0 Å². The van der Waals surface area contributed by atoms with E-state index >= 15 is 0 Å². The molecule has 0 fully saturated rings. The Hall–Kier alpha value is -2.51. The van der Waals surface area contributed by atoms with Gasteiger partial charge >= 0.3 is 0 Å². The van der Waals surface area contributed by atoms with Gasteiger partial charge in [0.05, 0.1) is 37.1 Å². The monoisotopic (exact) mass is 354 g/mol. The van der Waals surface area contributed by atoms with Crippen molar-refractivity contribution in [2.45, 2.75) is 19.2 Å². The zero-order valence-electron chi connectivity index (χ0n) is 13.6. The smallest absolute Gasteiger partial charge is 0.255 e. The van der Waals surface area contributed by atoms with Crippen molar-refractivity contribution in [3.63, 3.8) is 0 Å². The number of hydrogen-bond acceptors (Lipinski definition) is 5. The van der Waals surface area contributed by atoms with Crippen LogP contribution in [0, 0.1) is 0 Å². The van der Waals surface area contributed by atoms with Gasteiger partial charge in [0.1, 0.15) is 0 Å². The summed E-state index contributed by atoms with van der Waals surface area (Å²) in [5, 5.41) is 8.23. The number of pyridine rings is 1. The van der Waals surface area contributed by atoms with Gasteiger partial charge in [0.25, 0.3) is 5.91 Å². The molecule has 1 atom stereocenters. The molecule has 0 N–H and O–H groups in total. The van der Waals surface area contributed by atoms with E-state index in [-0.39, 0.29) is 11.9 Å². The molecule has 0 bridgehead atoms. The van der Waals surface area contributed by atoms with Crippen molar-refractivity contribution in [3.8, 4) is 0 Å². The predicted molar refractivity (Wildman–Crippen MR) is 94.2 cm³/mol. The summed E-state index contributed by atoms with van der Waals surface area (Å²) in [6.45, 7) is 2.20. The van der Waals surface area contributed by atoms with Crippen molar-refractivity contribution < 1.29 is 9.53 Å². The summed E-state index contributed by atoms with van der Waals surface area (Å²) in [5.74, 6) is 0.0628. The number of carbonyl (C=O) groups is 1. The normalized spacial score (nSPS) is 16.6. The van der Waals surface area contributed by atoms with Crippen LogP contribution in [0.25, 0.3) is 0 Å². The molecule has 0 aromatic carbocycles. The van der Waals surface area contributed by atoms with Crippen LogP contribution in [0.1, 0.15) is 27.7 Å². The van der Waals surface area contributed by atoms with E-state index in [4.69, 9.17) is 4.74 Å². The summed E-state index contributed by atoms with van der Waals surface area (Å²) in [7, 11) is 0. The molecular weight excluding hydrogens is 336 g/mol.